The van der Waals surface area contributed by atoms with Crippen molar-refractivity contribution < 1.29 is 4.79 Å². The second-order valence-corrected chi connectivity index (χ2v) is 8.28. The Morgan fingerprint density at radius 3 is 2.90 bits per heavy atom. The van der Waals surface area contributed by atoms with Crippen molar-refractivity contribution in [1.29, 1.82) is 0 Å². The van der Waals surface area contributed by atoms with Crippen LogP contribution in [-0.4, -0.2) is 10.9 Å². The molecule has 0 aliphatic carbocycles. The number of nitrogens with one attached hydrogen (secondary N) is 1. The highest BCUT2D eigenvalue weighted by atomic mass is 79.9. The Labute approximate surface area is 142 Å². The predicted octanol–water partition coefficient (Wildman–Crippen LogP) is 5.35. The minimum absolute atomic E-state index is 0.170. The molecule has 21 heavy (non-hydrogen) atoms. The SMILES string of the molecule is O=C(C=Cc1cccs1)Nc1nc(-c2ccc(Br)s2)cs1. The average Bonchev–Trinajstić information content (AvgIpc) is 3.17. The normalized spacial score (nSPS) is 11.1. The summed E-state index contributed by atoms with van der Waals surface area (Å²) in [5, 5.41) is 7.30. The van der Waals surface area contributed by atoms with Gasteiger partial charge in [0.1, 0.15) is 0 Å². The molecule has 0 fully saturated rings. The largest absolute Gasteiger partial charge is 0.298 e. The number of rotatable bonds is 4. The Morgan fingerprint density at radius 1 is 1.29 bits per heavy atom. The van der Waals surface area contributed by atoms with Gasteiger partial charge in [0.2, 0.25) is 5.91 Å². The molecular weight excluding hydrogens is 388 g/mol. The summed E-state index contributed by atoms with van der Waals surface area (Å²) in [6, 6.07) is 7.91. The fourth-order valence-electron chi connectivity index (χ4n) is 1.59. The highest BCUT2D eigenvalue weighted by Crippen LogP contribution is 2.33. The molecule has 1 N–H and O–H groups in total. The van der Waals surface area contributed by atoms with Crippen LogP contribution >= 0.6 is 49.9 Å². The van der Waals surface area contributed by atoms with Crippen molar-refractivity contribution in [3.8, 4) is 10.6 Å². The molecule has 3 aromatic rings. The van der Waals surface area contributed by atoms with Gasteiger partial charge in [0.25, 0.3) is 0 Å². The number of amides is 1. The highest BCUT2D eigenvalue weighted by Gasteiger charge is 2.08. The quantitative estimate of drug-likeness (QED) is 0.604. The van der Waals surface area contributed by atoms with Crippen molar-refractivity contribution in [2.75, 3.05) is 5.32 Å². The van der Waals surface area contributed by atoms with E-state index >= 15 is 0 Å². The number of anilines is 1. The van der Waals surface area contributed by atoms with Gasteiger partial charge in [0.05, 0.1) is 14.4 Å². The number of hydrogen-bond donors (Lipinski definition) is 1. The lowest BCUT2D eigenvalue weighted by Gasteiger charge is -1.95. The van der Waals surface area contributed by atoms with Gasteiger partial charge in [0, 0.05) is 16.3 Å². The average molecular weight is 397 g/mol. The van der Waals surface area contributed by atoms with E-state index in [-0.39, 0.29) is 5.91 Å². The van der Waals surface area contributed by atoms with E-state index in [1.165, 1.54) is 17.4 Å². The Morgan fingerprint density at radius 2 is 2.19 bits per heavy atom. The van der Waals surface area contributed by atoms with Crippen molar-refractivity contribution >= 4 is 67.1 Å². The van der Waals surface area contributed by atoms with Crippen LogP contribution in [0.2, 0.25) is 0 Å². The van der Waals surface area contributed by atoms with Crippen LogP contribution < -0.4 is 5.32 Å². The molecule has 3 heterocycles. The summed E-state index contributed by atoms with van der Waals surface area (Å²) in [7, 11) is 0. The van der Waals surface area contributed by atoms with Crippen molar-refractivity contribution in [3.63, 3.8) is 0 Å². The first-order chi connectivity index (χ1) is 10.2. The highest BCUT2D eigenvalue weighted by molar-refractivity contribution is 9.11. The van der Waals surface area contributed by atoms with E-state index in [2.05, 4.69) is 26.2 Å². The number of thiophene rings is 2. The molecule has 0 unspecified atom stereocenters. The zero-order chi connectivity index (χ0) is 14.7. The maximum absolute atomic E-state index is 11.8. The van der Waals surface area contributed by atoms with Crippen LogP contribution in [0, 0.1) is 0 Å². The van der Waals surface area contributed by atoms with E-state index in [1.807, 2.05) is 35.0 Å². The fourth-order valence-corrected chi connectivity index (χ4v) is 4.34. The van der Waals surface area contributed by atoms with E-state index in [4.69, 9.17) is 0 Å². The summed E-state index contributed by atoms with van der Waals surface area (Å²) in [6.45, 7) is 0. The molecule has 1 amide bonds. The summed E-state index contributed by atoms with van der Waals surface area (Å²) in [5.41, 5.74) is 0.883. The minimum Gasteiger partial charge on any atom is -0.298 e. The number of carbonyl (C=O) groups excluding carboxylic acids is 1. The van der Waals surface area contributed by atoms with E-state index in [9.17, 15) is 4.79 Å². The van der Waals surface area contributed by atoms with Gasteiger partial charge in [-0.2, -0.15) is 0 Å². The smallest absolute Gasteiger partial charge is 0.250 e. The Bertz CT molecular complexity index is 774. The number of thiazole rings is 1. The van der Waals surface area contributed by atoms with Crippen molar-refractivity contribution in [3.05, 3.63) is 49.8 Å². The Balaban J connectivity index is 1.65. The number of carbonyl (C=O) groups is 1. The third kappa shape index (κ3) is 3.88. The zero-order valence-electron chi connectivity index (χ0n) is 10.6. The Hall–Kier alpha value is -1.28. The molecular formula is C14H9BrN2OS3. The predicted molar refractivity (Wildman–Crippen MR) is 95.1 cm³/mol. The van der Waals surface area contributed by atoms with E-state index in [0.717, 1.165) is 19.2 Å². The molecule has 7 heteroatoms. The maximum atomic E-state index is 11.8. The molecule has 3 nitrogen and oxygen atoms in total. The lowest BCUT2D eigenvalue weighted by molar-refractivity contribution is -0.111. The molecule has 0 aromatic carbocycles. The first-order valence-corrected chi connectivity index (χ1v) is 9.31. The molecule has 0 aliphatic heterocycles. The molecule has 0 aliphatic rings. The monoisotopic (exact) mass is 396 g/mol. The lowest BCUT2D eigenvalue weighted by Crippen LogP contribution is -2.07. The third-order valence-electron chi connectivity index (χ3n) is 2.50. The van der Waals surface area contributed by atoms with Gasteiger partial charge in [-0.05, 0) is 45.6 Å². The summed E-state index contributed by atoms with van der Waals surface area (Å²) >= 11 is 8.06. The van der Waals surface area contributed by atoms with Crippen molar-refractivity contribution in [2.24, 2.45) is 0 Å². The van der Waals surface area contributed by atoms with Crippen LogP contribution in [0.5, 0.6) is 0 Å². The van der Waals surface area contributed by atoms with Gasteiger partial charge >= 0.3 is 0 Å². The van der Waals surface area contributed by atoms with Crippen LogP contribution in [0.4, 0.5) is 5.13 Å². The first kappa shape index (κ1) is 14.6. The first-order valence-electron chi connectivity index (χ1n) is 5.94. The van der Waals surface area contributed by atoms with Crippen molar-refractivity contribution in [2.45, 2.75) is 0 Å². The second-order valence-electron chi connectivity index (χ2n) is 3.98. The van der Waals surface area contributed by atoms with Gasteiger partial charge in [0.15, 0.2) is 5.13 Å². The third-order valence-corrected chi connectivity index (χ3v) is 5.74. The van der Waals surface area contributed by atoms with E-state index in [0.29, 0.717) is 5.13 Å². The van der Waals surface area contributed by atoms with Gasteiger partial charge in [-0.15, -0.1) is 34.0 Å². The molecule has 0 bridgehead atoms. The van der Waals surface area contributed by atoms with Gasteiger partial charge in [-0.1, -0.05) is 6.07 Å². The number of aromatic nitrogens is 1. The standard InChI is InChI=1S/C14H9BrN2OS3/c15-12-5-4-11(21-12)10-8-20-14(16-10)17-13(18)6-3-9-2-1-7-19-9/h1-8H,(H,16,17,18). The Kier molecular flexibility index (Phi) is 4.64. The molecule has 0 spiro atoms. The number of hydrogen-bond acceptors (Lipinski definition) is 5. The minimum atomic E-state index is -0.170. The number of halogens is 1. The van der Waals surface area contributed by atoms with Gasteiger partial charge < -0.3 is 0 Å². The summed E-state index contributed by atoms with van der Waals surface area (Å²) < 4.78 is 1.06. The van der Waals surface area contributed by atoms with Crippen molar-refractivity contribution in [1.82, 2.24) is 4.98 Å². The van der Waals surface area contributed by atoms with Crippen LogP contribution in [-0.2, 0) is 4.79 Å². The molecule has 106 valence electrons. The molecule has 0 saturated carbocycles. The summed E-state index contributed by atoms with van der Waals surface area (Å²) in [6.07, 6.45) is 3.32. The van der Waals surface area contributed by atoms with E-state index < -0.39 is 0 Å². The summed E-state index contributed by atoms with van der Waals surface area (Å²) in [4.78, 5) is 18.4. The molecule has 3 aromatic heterocycles. The molecule has 0 atom stereocenters. The second kappa shape index (κ2) is 6.65. The molecule has 0 saturated heterocycles. The van der Waals surface area contributed by atoms with Gasteiger partial charge in [-0.3, -0.25) is 10.1 Å². The fraction of sp³-hybridized carbons (Fsp3) is 0. The van der Waals surface area contributed by atoms with Crippen LogP contribution in [0.1, 0.15) is 4.88 Å². The van der Waals surface area contributed by atoms with Crippen LogP contribution in [0.25, 0.3) is 16.6 Å². The maximum Gasteiger partial charge on any atom is 0.250 e. The van der Waals surface area contributed by atoms with E-state index in [1.54, 1.807) is 28.7 Å². The topological polar surface area (TPSA) is 42.0 Å². The number of nitrogens with zero attached hydrogens (tertiary/aromatic N) is 1. The van der Waals surface area contributed by atoms with Gasteiger partial charge in [-0.25, -0.2) is 4.98 Å². The zero-order valence-corrected chi connectivity index (χ0v) is 14.6. The lowest BCUT2D eigenvalue weighted by atomic mass is 10.4. The van der Waals surface area contributed by atoms with Crippen LogP contribution in [0.15, 0.2) is 44.9 Å². The van der Waals surface area contributed by atoms with Crippen LogP contribution in [0.3, 0.4) is 0 Å². The summed E-state index contributed by atoms with van der Waals surface area (Å²) in [5.74, 6) is -0.170. The molecule has 0 radical (unpaired) electrons. The molecule has 3 rings (SSSR count).